The highest BCUT2D eigenvalue weighted by molar-refractivity contribution is 6.31. The molecule has 0 aliphatic carbocycles. The quantitative estimate of drug-likeness (QED) is 0.326. The van der Waals surface area contributed by atoms with Crippen LogP contribution in [0.4, 0.5) is 0 Å². The summed E-state index contributed by atoms with van der Waals surface area (Å²) in [5.41, 5.74) is 6.17. The summed E-state index contributed by atoms with van der Waals surface area (Å²) < 4.78 is 2.11. The Kier molecular flexibility index (Phi) is 4.92. The zero-order valence-corrected chi connectivity index (χ0v) is 17.5. The van der Waals surface area contributed by atoms with Crippen LogP contribution in [-0.2, 0) is 13.1 Å². The summed E-state index contributed by atoms with van der Waals surface area (Å²) in [5, 5.41) is 4.53. The van der Waals surface area contributed by atoms with Crippen molar-refractivity contribution in [3.63, 3.8) is 0 Å². The second-order valence-electron chi connectivity index (χ2n) is 7.41. The molecule has 2 aromatic carbocycles. The molecule has 152 valence electrons. The van der Waals surface area contributed by atoms with Crippen LogP contribution in [0.15, 0.2) is 72.0 Å². The van der Waals surface area contributed by atoms with Crippen molar-refractivity contribution in [1.82, 2.24) is 19.5 Å². The van der Waals surface area contributed by atoms with Gasteiger partial charge in [-0.25, -0.2) is 9.97 Å². The van der Waals surface area contributed by atoms with Gasteiger partial charge in [0, 0.05) is 22.2 Å². The van der Waals surface area contributed by atoms with Crippen molar-refractivity contribution in [2.45, 2.75) is 20.0 Å². The maximum Gasteiger partial charge on any atom is 0.160 e. The number of rotatable bonds is 5. The molecular formula is C24H18ClN5O. The van der Waals surface area contributed by atoms with Gasteiger partial charge in [0.25, 0.3) is 0 Å². The Balaban J connectivity index is 1.55. The number of halogens is 1. The summed E-state index contributed by atoms with van der Waals surface area (Å²) >= 11 is 6.32. The van der Waals surface area contributed by atoms with Crippen LogP contribution in [0, 0.1) is 11.8 Å². The first kappa shape index (κ1) is 19.3. The lowest BCUT2D eigenvalue weighted by Crippen LogP contribution is -2.03. The molecule has 3 heterocycles. The van der Waals surface area contributed by atoms with E-state index in [0.29, 0.717) is 17.1 Å². The molecule has 0 amide bonds. The second-order valence-corrected chi connectivity index (χ2v) is 7.82. The maximum absolute atomic E-state index is 10.6. The summed E-state index contributed by atoms with van der Waals surface area (Å²) in [5.74, 6) is 0.899. The lowest BCUT2D eigenvalue weighted by Gasteiger charge is -2.09. The predicted octanol–water partition coefficient (Wildman–Crippen LogP) is 5.92. The lowest BCUT2D eigenvalue weighted by molar-refractivity contribution is 0.778. The van der Waals surface area contributed by atoms with E-state index in [-0.39, 0.29) is 6.54 Å². The first-order chi connectivity index (χ1) is 15.1. The van der Waals surface area contributed by atoms with Crippen molar-refractivity contribution in [2.24, 2.45) is 5.18 Å². The van der Waals surface area contributed by atoms with E-state index in [9.17, 15) is 4.91 Å². The largest absolute Gasteiger partial charge is 0.308 e. The number of pyridine rings is 2. The van der Waals surface area contributed by atoms with Crippen LogP contribution >= 0.6 is 11.6 Å². The number of imidazole rings is 1. The molecule has 0 aliphatic rings. The SMILES string of the molecule is Cc1nc2ccc(-c3ccc(CN=O)c(Cl)c3)nc2n1Cc1ccc2ncccc2c1. The Morgan fingerprint density at radius 3 is 2.71 bits per heavy atom. The molecule has 5 aromatic rings. The van der Waals surface area contributed by atoms with Gasteiger partial charge in [0.2, 0.25) is 0 Å². The predicted molar refractivity (Wildman–Crippen MR) is 123 cm³/mol. The average Bonchev–Trinajstić information content (AvgIpc) is 3.09. The molecule has 0 atom stereocenters. The molecule has 0 unspecified atom stereocenters. The molecule has 31 heavy (non-hydrogen) atoms. The Morgan fingerprint density at radius 1 is 1.00 bits per heavy atom. The van der Waals surface area contributed by atoms with E-state index in [2.05, 4.69) is 37.9 Å². The Morgan fingerprint density at radius 2 is 1.87 bits per heavy atom. The highest BCUT2D eigenvalue weighted by Crippen LogP contribution is 2.27. The number of nitroso groups, excluding NO2 is 1. The van der Waals surface area contributed by atoms with E-state index in [1.54, 1.807) is 6.20 Å². The monoisotopic (exact) mass is 427 g/mol. The second kappa shape index (κ2) is 7.89. The van der Waals surface area contributed by atoms with E-state index in [0.717, 1.165) is 44.7 Å². The van der Waals surface area contributed by atoms with Gasteiger partial charge in [-0.15, -0.1) is 0 Å². The van der Waals surface area contributed by atoms with Crippen molar-refractivity contribution in [1.29, 1.82) is 0 Å². The summed E-state index contributed by atoms with van der Waals surface area (Å²) in [7, 11) is 0. The van der Waals surface area contributed by atoms with Gasteiger partial charge in [-0.2, -0.15) is 4.91 Å². The molecule has 0 bridgehead atoms. The molecule has 0 radical (unpaired) electrons. The van der Waals surface area contributed by atoms with Gasteiger partial charge in [0.1, 0.15) is 17.9 Å². The third kappa shape index (κ3) is 3.66. The maximum atomic E-state index is 10.6. The normalized spacial score (nSPS) is 11.3. The van der Waals surface area contributed by atoms with E-state index >= 15 is 0 Å². The minimum Gasteiger partial charge on any atom is -0.308 e. The summed E-state index contributed by atoms with van der Waals surface area (Å²) in [4.78, 5) is 24.5. The number of benzene rings is 2. The standard InChI is InChI=1S/C24H18ClN5O/c1-15-28-23-9-8-22(18-5-6-19(13-27-31)20(25)12-18)29-24(23)30(15)14-16-4-7-21-17(11-16)3-2-10-26-21/h2-12H,13-14H2,1H3. The Bertz CT molecular complexity index is 1440. The molecule has 3 aromatic heterocycles. The van der Waals surface area contributed by atoms with Crippen molar-refractivity contribution in [3.8, 4) is 11.3 Å². The van der Waals surface area contributed by atoms with Crippen LogP contribution in [0.1, 0.15) is 17.0 Å². The lowest BCUT2D eigenvalue weighted by atomic mass is 10.1. The van der Waals surface area contributed by atoms with Gasteiger partial charge in [-0.1, -0.05) is 41.0 Å². The van der Waals surface area contributed by atoms with E-state index < -0.39 is 0 Å². The Hall–Kier alpha value is -3.64. The number of nitrogens with zero attached hydrogens (tertiary/aromatic N) is 5. The first-order valence-corrected chi connectivity index (χ1v) is 10.3. The third-order valence-corrected chi connectivity index (χ3v) is 5.73. The number of hydrogen-bond acceptors (Lipinski definition) is 5. The molecule has 0 saturated heterocycles. The molecular weight excluding hydrogens is 410 g/mol. The molecule has 0 N–H and O–H groups in total. The molecule has 0 spiro atoms. The minimum absolute atomic E-state index is 0.0544. The topological polar surface area (TPSA) is 73.0 Å². The number of aromatic nitrogens is 4. The van der Waals surface area contributed by atoms with Gasteiger partial charge in [-0.3, -0.25) is 4.98 Å². The van der Waals surface area contributed by atoms with E-state index in [4.69, 9.17) is 16.6 Å². The fourth-order valence-electron chi connectivity index (χ4n) is 3.78. The van der Waals surface area contributed by atoms with Crippen LogP contribution in [0.25, 0.3) is 33.3 Å². The molecule has 0 fully saturated rings. The third-order valence-electron chi connectivity index (χ3n) is 5.37. The molecule has 7 heteroatoms. The van der Waals surface area contributed by atoms with E-state index in [1.165, 1.54) is 0 Å². The van der Waals surface area contributed by atoms with Crippen LogP contribution in [0.3, 0.4) is 0 Å². The van der Waals surface area contributed by atoms with Crippen LogP contribution in [-0.4, -0.2) is 19.5 Å². The highest BCUT2D eigenvalue weighted by atomic mass is 35.5. The van der Waals surface area contributed by atoms with Crippen LogP contribution < -0.4 is 0 Å². The molecule has 0 aliphatic heterocycles. The smallest absolute Gasteiger partial charge is 0.160 e. The number of fused-ring (bicyclic) bond motifs is 2. The van der Waals surface area contributed by atoms with Gasteiger partial charge in [0.15, 0.2) is 5.65 Å². The minimum atomic E-state index is 0.0544. The highest BCUT2D eigenvalue weighted by Gasteiger charge is 2.12. The van der Waals surface area contributed by atoms with Gasteiger partial charge >= 0.3 is 0 Å². The summed E-state index contributed by atoms with van der Waals surface area (Å²) in [6.07, 6.45) is 1.80. The zero-order chi connectivity index (χ0) is 21.4. The van der Waals surface area contributed by atoms with Gasteiger partial charge in [0.05, 0.1) is 17.8 Å². The number of aryl methyl sites for hydroxylation is 1. The fraction of sp³-hybridized carbons (Fsp3) is 0.125. The van der Waals surface area contributed by atoms with Crippen molar-refractivity contribution in [3.05, 3.63) is 93.7 Å². The zero-order valence-electron chi connectivity index (χ0n) is 16.8. The van der Waals surface area contributed by atoms with E-state index in [1.807, 2.05) is 49.4 Å². The molecule has 5 rings (SSSR count). The molecule has 0 saturated carbocycles. The van der Waals surface area contributed by atoms with Crippen molar-refractivity contribution >= 4 is 33.7 Å². The summed E-state index contributed by atoms with van der Waals surface area (Å²) in [6, 6.07) is 19.7. The molecule has 6 nitrogen and oxygen atoms in total. The average molecular weight is 428 g/mol. The van der Waals surface area contributed by atoms with Crippen molar-refractivity contribution < 1.29 is 0 Å². The van der Waals surface area contributed by atoms with Crippen LogP contribution in [0.2, 0.25) is 5.02 Å². The number of hydrogen-bond donors (Lipinski definition) is 0. The van der Waals surface area contributed by atoms with Gasteiger partial charge < -0.3 is 4.57 Å². The first-order valence-electron chi connectivity index (χ1n) is 9.88. The summed E-state index contributed by atoms with van der Waals surface area (Å²) in [6.45, 7) is 2.70. The van der Waals surface area contributed by atoms with Gasteiger partial charge in [-0.05, 0) is 54.4 Å². The van der Waals surface area contributed by atoms with Crippen LogP contribution in [0.5, 0.6) is 0 Å². The van der Waals surface area contributed by atoms with Crippen molar-refractivity contribution in [2.75, 3.05) is 0 Å². The Labute approximate surface area is 183 Å². The fourth-order valence-corrected chi connectivity index (χ4v) is 4.02.